The summed E-state index contributed by atoms with van der Waals surface area (Å²) in [4.78, 5) is 70.6. The Morgan fingerprint density at radius 2 is 1.76 bits per heavy atom. The maximum Gasteiger partial charge on any atom is 0.315 e. The number of hydrogen-bond acceptors (Lipinski definition) is 8. The molecule has 0 spiro atoms. The van der Waals surface area contributed by atoms with Crippen LogP contribution in [0.2, 0.25) is 0 Å². The first kappa shape index (κ1) is 45.1. The molecule has 54 heavy (non-hydrogen) atoms. The number of urea groups is 1. The molecule has 5 amide bonds. The summed E-state index contributed by atoms with van der Waals surface area (Å²) in [5.74, 6) is -2.61. The first-order valence-electron chi connectivity index (χ1n) is 19.4. The van der Waals surface area contributed by atoms with E-state index in [9.17, 15) is 32.4 Å². The van der Waals surface area contributed by atoms with Crippen LogP contribution in [0.5, 0.6) is 0 Å². The number of carbonyl (C=O) groups excluding carboxylic acids is 5. The van der Waals surface area contributed by atoms with Gasteiger partial charge in [-0.15, -0.1) is 17.9 Å². The molecule has 15 heteroatoms. The van der Waals surface area contributed by atoms with Gasteiger partial charge in [-0.25, -0.2) is 13.2 Å². The molecule has 304 valence electrons. The zero-order valence-electron chi connectivity index (χ0n) is 33.5. The number of unbranched alkanes of at least 4 members (excludes halogenated alkanes) is 1. The van der Waals surface area contributed by atoms with Crippen LogP contribution in [-0.4, -0.2) is 98.0 Å². The number of likely N-dealkylation sites (tertiary alicyclic amines) is 1. The summed E-state index contributed by atoms with van der Waals surface area (Å²) in [5, 5.41) is 13.1. The van der Waals surface area contributed by atoms with Gasteiger partial charge in [-0.2, -0.15) is 4.31 Å². The lowest BCUT2D eigenvalue weighted by Crippen LogP contribution is -2.63. The second kappa shape index (κ2) is 19.5. The number of rotatable bonds is 18. The minimum atomic E-state index is -3.78. The van der Waals surface area contributed by atoms with Crippen LogP contribution in [0.3, 0.4) is 0 Å². The number of hydrogen-bond donors (Lipinski definition) is 4. The number of thiophene rings is 1. The van der Waals surface area contributed by atoms with Gasteiger partial charge in [-0.3, -0.25) is 19.2 Å². The summed E-state index contributed by atoms with van der Waals surface area (Å²) in [7, 11) is -2.30. The highest BCUT2D eigenvalue weighted by Gasteiger charge is 2.50. The van der Waals surface area contributed by atoms with Crippen LogP contribution in [-0.2, 0) is 29.2 Å². The van der Waals surface area contributed by atoms with Crippen molar-refractivity contribution in [3.8, 4) is 0 Å². The third kappa shape index (κ3) is 11.4. The van der Waals surface area contributed by atoms with Crippen molar-refractivity contribution < 1.29 is 32.4 Å². The first-order chi connectivity index (χ1) is 25.3. The first-order valence-corrected chi connectivity index (χ1v) is 21.7. The number of amides is 5. The molecule has 1 aliphatic heterocycles. The molecule has 5 atom stereocenters. The van der Waals surface area contributed by atoms with Crippen molar-refractivity contribution in [1.82, 2.24) is 30.5 Å². The van der Waals surface area contributed by atoms with E-state index in [0.29, 0.717) is 32.2 Å². The lowest BCUT2D eigenvalue weighted by molar-refractivity contribution is -0.145. The average Bonchev–Trinajstić information content (AvgIpc) is 3.82. The van der Waals surface area contributed by atoms with Gasteiger partial charge in [0, 0.05) is 32.7 Å². The Morgan fingerprint density at radius 3 is 2.31 bits per heavy atom. The molecule has 0 aromatic carbocycles. The Hall–Kier alpha value is -3.30. The van der Waals surface area contributed by atoms with E-state index < -0.39 is 68.6 Å². The minimum Gasteiger partial charge on any atom is -0.346 e. The third-order valence-corrected chi connectivity index (χ3v) is 14.3. The topological polar surface area (TPSA) is 174 Å². The Bertz CT molecular complexity index is 1570. The zero-order valence-corrected chi connectivity index (χ0v) is 35.2. The molecule has 1 aromatic rings. The van der Waals surface area contributed by atoms with Crippen LogP contribution in [0.4, 0.5) is 4.79 Å². The molecule has 2 heterocycles. The van der Waals surface area contributed by atoms with Crippen molar-refractivity contribution in [2.45, 2.75) is 135 Å². The highest BCUT2D eigenvalue weighted by molar-refractivity contribution is 7.91. The highest BCUT2D eigenvalue weighted by atomic mass is 32.2. The van der Waals surface area contributed by atoms with E-state index in [1.165, 1.54) is 17.4 Å². The van der Waals surface area contributed by atoms with E-state index in [1.54, 1.807) is 22.4 Å². The largest absolute Gasteiger partial charge is 0.346 e. The van der Waals surface area contributed by atoms with Crippen LogP contribution < -0.4 is 21.3 Å². The molecule has 2 fully saturated rings. The Labute approximate surface area is 326 Å². The fraction of sp³-hybridized carbons (Fsp3) is 0.718. The molecule has 0 radical (unpaired) electrons. The molecular formula is C39H64N6O7S2. The molecule has 2 aliphatic rings. The van der Waals surface area contributed by atoms with Gasteiger partial charge in [-0.05, 0) is 59.8 Å². The molecule has 1 saturated carbocycles. The quantitative estimate of drug-likeness (QED) is 0.122. The smallest absolute Gasteiger partial charge is 0.315 e. The predicted molar refractivity (Wildman–Crippen MR) is 212 cm³/mol. The standard InChI is InChI=1S/C39H64N6O7S2/c1-10-12-17-28(32(46)35(48)40-22-11-2)41-34(47)31-27(26(3)4)19-23-45(31)36(49)33(39(8)20-14-13-15-21-39)43-37(50)42-29(38(5,6)7)25-44(9)54(51,52)30-18-16-24-53-30/h11,16,18,24,26-29,31,33H,2,10,12-15,17,19-23,25H2,1,3-9H3,(H,40,48)(H,41,47)(H2,42,43,50)/t27?,28?,29-,31+,33-/m1/s1. The second-order valence-corrected chi connectivity index (χ2v) is 19.9. The number of sulfonamides is 1. The van der Waals surface area contributed by atoms with Crippen molar-refractivity contribution in [1.29, 1.82) is 0 Å². The van der Waals surface area contributed by atoms with E-state index in [1.807, 2.05) is 48.5 Å². The van der Waals surface area contributed by atoms with Gasteiger partial charge >= 0.3 is 6.03 Å². The molecule has 1 saturated heterocycles. The lowest BCUT2D eigenvalue weighted by Gasteiger charge is -2.43. The summed E-state index contributed by atoms with van der Waals surface area (Å²) >= 11 is 1.12. The van der Waals surface area contributed by atoms with E-state index in [2.05, 4.69) is 27.8 Å². The molecule has 1 aromatic heterocycles. The minimum absolute atomic E-state index is 0.000995. The van der Waals surface area contributed by atoms with Gasteiger partial charge in [0.05, 0.1) is 6.04 Å². The number of ketones is 1. The number of Topliss-reactive ketones (excluding diaryl/α,β-unsaturated/α-hetero) is 1. The van der Waals surface area contributed by atoms with Gasteiger partial charge in [0.2, 0.25) is 17.6 Å². The van der Waals surface area contributed by atoms with E-state index in [0.717, 1.165) is 37.0 Å². The molecule has 1 aliphatic carbocycles. The molecule has 13 nitrogen and oxygen atoms in total. The Kier molecular flexibility index (Phi) is 16.3. The van der Waals surface area contributed by atoms with Crippen molar-refractivity contribution >= 4 is 50.9 Å². The maximum absolute atomic E-state index is 14.9. The SMILES string of the molecule is C=CCNC(=O)C(=O)C(CCCC)NC(=O)[C@@H]1C(C(C)C)CCN1C(=O)[C@@H](NC(=O)N[C@H](CN(C)S(=O)(=O)c1cccs1)C(C)(C)C)C1(C)CCCCC1. The lowest BCUT2D eigenvalue weighted by atomic mass is 9.70. The van der Waals surface area contributed by atoms with Crippen molar-refractivity contribution in [3.05, 3.63) is 30.2 Å². The van der Waals surface area contributed by atoms with Crippen molar-refractivity contribution in [2.24, 2.45) is 22.7 Å². The summed E-state index contributed by atoms with van der Waals surface area (Å²) in [6, 6.07) is -0.947. The number of nitrogens with zero attached hydrogens (tertiary/aromatic N) is 2. The van der Waals surface area contributed by atoms with Crippen molar-refractivity contribution in [2.75, 3.05) is 26.7 Å². The monoisotopic (exact) mass is 792 g/mol. The number of carbonyl (C=O) groups is 5. The van der Waals surface area contributed by atoms with Gasteiger partial charge in [0.1, 0.15) is 16.3 Å². The highest BCUT2D eigenvalue weighted by Crippen LogP contribution is 2.41. The van der Waals surface area contributed by atoms with Gasteiger partial charge in [0.15, 0.2) is 0 Å². The van der Waals surface area contributed by atoms with Gasteiger partial charge in [0.25, 0.3) is 15.9 Å². The molecule has 3 rings (SSSR count). The van der Waals surface area contributed by atoms with Crippen LogP contribution in [0.25, 0.3) is 0 Å². The summed E-state index contributed by atoms with van der Waals surface area (Å²) in [6.45, 7) is 17.7. The van der Waals surface area contributed by atoms with E-state index in [-0.39, 0.29) is 41.5 Å². The number of likely N-dealkylation sites (N-methyl/N-ethyl adjacent to an activating group) is 1. The summed E-state index contributed by atoms with van der Waals surface area (Å²) in [6.07, 6.45) is 7.82. The fourth-order valence-electron chi connectivity index (χ4n) is 7.58. The summed E-state index contributed by atoms with van der Waals surface area (Å²) < 4.78 is 28.0. The number of nitrogens with one attached hydrogen (secondary N) is 4. The Morgan fingerprint density at radius 1 is 1.09 bits per heavy atom. The van der Waals surface area contributed by atoms with Crippen LogP contribution >= 0.6 is 11.3 Å². The molecule has 2 unspecified atom stereocenters. The van der Waals surface area contributed by atoms with E-state index in [4.69, 9.17) is 0 Å². The third-order valence-electron chi connectivity index (χ3n) is 11.1. The predicted octanol–water partition coefficient (Wildman–Crippen LogP) is 4.84. The Balaban J connectivity index is 1.92. The zero-order chi connectivity index (χ0) is 40.4. The van der Waals surface area contributed by atoms with Gasteiger partial charge in [-0.1, -0.05) is 92.7 Å². The second-order valence-electron chi connectivity index (χ2n) is 16.6. The van der Waals surface area contributed by atoms with Crippen LogP contribution in [0, 0.1) is 22.7 Å². The van der Waals surface area contributed by atoms with Crippen LogP contribution in [0.15, 0.2) is 34.4 Å². The molecule has 0 bridgehead atoms. The van der Waals surface area contributed by atoms with Crippen molar-refractivity contribution in [3.63, 3.8) is 0 Å². The molecule has 4 N–H and O–H groups in total. The van der Waals surface area contributed by atoms with Gasteiger partial charge < -0.3 is 26.2 Å². The normalized spacial score (nSPS) is 20.5. The van der Waals surface area contributed by atoms with E-state index >= 15 is 0 Å². The fourth-order valence-corrected chi connectivity index (χ4v) is 9.96. The van der Waals surface area contributed by atoms with Crippen LogP contribution in [0.1, 0.15) is 106 Å². The average molecular weight is 793 g/mol. The summed E-state index contributed by atoms with van der Waals surface area (Å²) in [5.41, 5.74) is -1.16. The molecular weight excluding hydrogens is 729 g/mol. The maximum atomic E-state index is 14.9.